The Balaban J connectivity index is 2.32. The molecular weight excluding hydrogens is 210 g/mol. The number of hydrogen-bond donors (Lipinski definition) is 0. The monoisotopic (exact) mass is 231 g/mol. The zero-order chi connectivity index (χ0) is 12.6. The highest BCUT2D eigenvalue weighted by molar-refractivity contribution is 5.97. The lowest BCUT2D eigenvalue weighted by molar-refractivity contribution is -0.117. The molecule has 1 amide bonds. The van der Waals surface area contributed by atoms with Gasteiger partial charge < -0.3 is 4.90 Å². The van der Waals surface area contributed by atoms with Gasteiger partial charge in [0.25, 0.3) is 0 Å². The number of para-hydroxylation sites is 1. The molecule has 1 aliphatic heterocycles. The summed E-state index contributed by atoms with van der Waals surface area (Å²) < 4.78 is 0. The van der Waals surface area contributed by atoms with Crippen LogP contribution in [0.1, 0.15) is 31.4 Å². The number of aryl methyl sites for hydroxylation is 2. The second-order valence-corrected chi connectivity index (χ2v) is 5.45. The van der Waals surface area contributed by atoms with E-state index in [1.807, 2.05) is 4.90 Å². The molecule has 1 atom stereocenters. The SMILES string of the molecule is Cc1cccc(C)c1N1CC(C(C)C)CC1=O. The number of nitrogens with zero attached hydrogens (tertiary/aromatic N) is 1. The van der Waals surface area contributed by atoms with Gasteiger partial charge in [-0.25, -0.2) is 0 Å². The van der Waals surface area contributed by atoms with E-state index in [0.29, 0.717) is 18.3 Å². The van der Waals surface area contributed by atoms with Crippen molar-refractivity contribution < 1.29 is 4.79 Å². The number of hydrogen-bond acceptors (Lipinski definition) is 1. The average molecular weight is 231 g/mol. The molecule has 0 radical (unpaired) electrons. The highest BCUT2D eigenvalue weighted by Gasteiger charge is 2.33. The summed E-state index contributed by atoms with van der Waals surface area (Å²) in [6.45, 7) is 9.44. The molecule has 0 aromatic heterocycles. The normalized spacial score (nSPS) is 20.4. The molecule has 0 N–H and O–H groups in total. The Hall–Kier alpha value is -1.31. The molecular formula is C15H21NO. The topological polar surface area (TPSA) is 20.3 Å². The zero-order valence-corrected chi connectivity index (χ0v) is 11.2. The van der Waals surface area contributed by atoms with Crippen LogP contribution < -0.4 is 4.90 Å². The van der Waals surface area contributed by atoms with Gasteiger partial charge in [0.15, 0.2) is 0 Å². The molecule has 1 heterocycles. The fourth-order valence-corrected chi connectivity index (χ4v) is 2.63. The Morgan fingerprint density at radius 1 is 1.24 bits per heavy atom. The highest BCUT2D eigenvalue weighted by atomic mass is 16.2. The quantitative estimate of drug-likeness (QED) is 0.764. The van der Waals surface area contributed by atoms with E-state index in [1.165, 1.54) is 11.1 Å². The van der Waals surface area contributed by atoms with Gasteiger partial charge in [0.05, 0.1) is 0 Å². The first-order valence-corrected chi connectivity index (χ1v) is 6.37. The standard InChI is InChI=1S/C15H21NO/c1-10(2)13-8-14(17)16(9-13)15-11(3)6-5-7-12(15)4/h5-7,10,13H,8-9H2,1-4H3. The number of amides is 1. The molecule has 0 saturated carbocycles. The van der Waals surface area contributed by atoms with Crippen LogP contribution in [-0.2, 0) is 4.79 Å². The van der Waals surface area contributed by atoms with Gasteiger partial charge in [-0.05, 0) is 36.8 Å². The Bertz CT molecular complexity index is 416. The minimum atomic E-state index is 0.279. The molecule has 2 rings (SSSR count). The maximum Gasteiger partial charge on any atom is 0.227 e. The zero-order valence-electron chi connectivity index (χ0n) is 11.2. The lowest BCUT2D eigenvalue weighted by Gasteiger charge is -2.22. The van der Waals surface area contributed by atoms with Gasteiger partial charge in [-0.1, -0.05) is 32.0 Å². The van der Waals surface area contributed by atoms with Crippen molar-refractivity contribution in [3.8, 4) is 0 Å². The van der Waals surface area contributed by atoms with Gasteiger partial charge >= 0.3 is 0 Å². The number of anilines is 1. The lowest BCUT2D eigenvalue weighted by atomic mass is 9.95. The highest BCUT2D eigenvalue weighted by Crippen LogP contribution is 2.33. The van der Waals surface area contributed by atoms with Crippen molar-refractivity contribution in [2.45, 2.75) is 34.1 Å². The summed E-state index contributed by atoms with van der Waals surface area (Å²) >= 11 is 0. The minimum absolute atomic E-state index is 0.279. The number of rotatable bonds is 2. The summed E-state index contributed by atoms with van der Waals surface area (Å²) in [6, 6.07) is 6.21. The molecule has 1 unspecified atom stereocenters. The van der Waals surface area contributed by atoms with Crippen molar-refractivity contribution in [1.82, 2.24) is 0 Å². The number of carbonyl (C=O) groups excluding carboxylic acids is 1. The van der Waals surface area contributed by atoms with Gasteiger partial charge in [0.1, 0.15) is 0 Å². The summed E-state index contributed by atoms with van der Waals surface area (Å²) in [5, 5.41) is 0. The summed E-state index contributed by atoms with van der Waals surface area (Å²) in [5.74, 6) is 1.36. The predicted octanol–water partition coefficient (Wildman–Crippen LogP) is 3.31. The second kappa shape index (κ2) is 4.52. The Morgan fingerprint density at radius 2 is 1.82 bits per heavy atom. The third-order valence-electron chi connectivity index (χ3n) is 3.81. The van der Waals surface area contributed by atoms with Crippen LogP contribution in [0, 0.1) is 25.7 Å². The van der Waals surface area contributed by atoms with Gasteiger partial charge in [-0.15, -0.1) is 0 Å². The largest absolute Gasteiger partial charge is 0.312 e. The first-order valence-electron chi connectivity index (χ1n) is 6.37. The molecule has 17 heavy (non-hydrogen) atoms. The van der Waals surface area contributed by atoms with Crippen LogP contribution in [0.4, 0.5) is 5.69 Å². The van der Waals surface area contributed by atoms with Crippen molar-refractivity contribution in [1.29, 1.82) is 0 Å². The molecule has 2 nitrogen and oxygen atoms in total. The molecule has 1 saturated heterocycles. The van der Waals surface area contributed by atoms with E-state index >= 15 is 0 Å². The second-order valence-electron chi connectivity index (χ2n) is 5.45. The first-order chi connectivity index (χ1) is 8.00. The molecule has 2 heteroatoms. The van der Waals surface area contributed by atoms with Crippen LogP contribution in [0.15, 0.2) is 18.2 Å². The van der Waals surface area contributed by atoms with Crippen molar-refractivity contribution in [2.24, 2.45) is 11.8 Å². The average Bonchev–Trinajstić information content (AvgIpc) is 2.61. The Labute approximate surface area is 104 Å². The molecule has 92 valence electrons. The van der Waals surface area contributed by atoms with E-state index in [1.54, 1.807) is 0 Å². The molecule has 0 spiro atoms. The van der Waals surface area contributed by atoms with Crippen molar-refractivity contribution >= 4 is 11.6 Å². The molecule has 1 aromatic carbocycles. The minimum Gasteiger partial charge on any atom is -0.312 e. The number of benzene rings is 1. The van der Waals surface area contributed by atoms with Crippen LogP contribution in [0.3, 0.4) is 0 Å². The summed E-state index contributed by atoms with van der Waals surface area (Å²) in [7, 11) is 0. The lowest BCUT2D eigenvalue weighted by Crippen LogP contribution is -2.26. The molecule has 0 aliphatic carbocycles. The van der Waals surface area contributed by atoms with Crippen LogP contribution in [0.2, 0.25) is 0 Å². The molecule has 1 aliphatic rings. The summed E-state index contributed by atoms with van der Waals surface area (Å²) in [5.41, 5.74) is 3.52. The third kappa shape index (κ3) is 2.21. The van der Waals surface area contributed by atoms with Crippen molar-refractivity contribution in [2.75, 3.05) is 11.4 Å². The van der Waals surface area contributed by atoms with Crippen molar-refractivity contribution in [3.05, 3.63) is 29.3 Å². The predicted molar refractivity (Wildman–Crippen MR) is 71.2 cm³/mol. The summed E-state index contributed by atoms with van der Waals surface area (Å²) in [4.78, 5) is 14.1. The van der Waals surface area contributed by atoms with Crippen LogP contribution in [0.5, 0.6) is 0 Å². The van der Waals surface area contributed by atoms with E-state index in [0.717, 1.165) is 12.2 Å². The number of carbonyl (C=O) groups is 1. The van der Waals surface area contributed by atoms with Gasteiger partial charge in [-0.2, -0.15) is 0 Å². The maximum atomic E-state index is 12.1. The Kier molecular flexibility index (Phi) is 3.23. The van der Waals surface area contributed by atoms with Gasteiger partial charge in [0.2, 0.25) is 5.91 Å². The third-order valence-corrected chi connectivity index (χ3v) is 3.81. The van der Waals surface area contributed by atoms with Crippen LogP contribution >= 0.6 is 0 Å². The molecule has 1 aromatic rings. The van der Waals surface area contributed by atoms with E-state index in [4.69, 9.17) is 0 Å². The van der Waals surface area contributed by atoms with E-state index in [9.17, 15) is 4.79 Å². The smallest absolute Gasteiger partial charge is 0.227 e. The van der Waals surface area contributed by atoms with E-state index < -0.39 is 0 Å². The maximum absolute atomic E-state index is 12.1. The Morgan fingerprint density at radius 3 is 2.29 bits per heavy atom. The first kappa shape index (κ1) is 12.2. The fourth-order valence-electron chi connectivity index (χ4n) is 2.63. The van der Waals surface area contributed by atoms with Crippen LogP contribution in [-0.4, -0.2) is 12.5 Å². The fraction of sp³-hybridized carbons (Fsp3) is 0.533. The van der Waals surface area contributed by atoms with Crippen molar-refractivity contribution in [3.63, 3.8) is 0 Å². The van der Waals surface area contributed by atoms with E-state index in [-0.39, 0.29) is 5.91 Å². The van der Waals surface area contributed by atoms with Crippen LogP contribution in [0.25, 0.3) is 0 Å². The molecule has 1 fully saturated rings. The van der Waals surface area contributed by atoms with Gasteiger partial charge in [-0.3, -0.25) is 4.79 Å². The molecule has 0 bridgehead atoms. The van der Waals surface area contributed by atoms with E-state index in [2.05, 4.69) is 45.9 Å². The van der Waals surface area contributed by atoms with Gasteiger partial charge in [0, 0.05) is 18.7 Å². The summed E-state index contributed by atoms with van der Waals surface area (Å²) in [6.07, 6.45) is 0.700.